The highest BCUT2D eigenvalue weighted by atomic mass is 35.5. The molecule has 2 aromatic carbocycles. The highest BCUT2D eigenvalue weighted by Crippen LogP contribution is 2.19. The Morgan fingerprint density at radius 2 is 1.88 bits per heavy atom. The van der Waals surface area contributed by atoms with Crippen LogP contribution in [0, 0.1) is 5.82 Å². The Hall–Kier alpha value is -2.05. The first-order valence-corrected chi connectivity index (χ1v) is 8.06. The van der Waals surface area contributed by atoms with Gasteiger partial charge in [0.1, 0.15) is 23.9 Å². The van der Waals surface area contributed by atoms with Crippen LogP contribution in [0.5, 0.6) is 11.5 Å². The lowest BCUT2D eigenvalue weighted by Crippen LogP contribution is -2.39. The number of ether oxygens (including phenoxy) is 2. The number of anilines is 1. The molecule has 128 valence electrons. The summed E-state index contributed by atoms with van der Waals surface area (Å²) in [6.07, 6.45) is 0. The summed E-state index contributed by atoms with van der Waals surface area (Å²) in [5.74, 6) is 1.05. The molecule has 0 amide bonds. The van der Waals surface area contributed by atoms with Gasteiger partial charge < -0.3 is 20.1 Å². The Labute approximate surface area is 150 Å². The second-order valence-electron chi connectivity index (χ2n) is 5.11. The van der Waals surface area contributed by atoms with E-state index in [9.17, 15) is 4.39 Å². The van der Waals surface area contributed by atoms with E-state index in [2.05, 4.69) is 10.6 Å². The fourth-order valence-corrected chi connectivity index (χ4v) is 2.40. The zero-order chi connectivity index (χ0) is 17.5. The first-order chi connectivity index (χ1) is 11.5. The van der Waals surface area contributed by atoms with Crippen molar-refractivity contribution in [3.05, 3.63) is 53.3 Å². The molecule has 0 spiro atoms. The molecule has 0 fully saturated rings. The van der Waals surface area contributed by atoms with Crippen molar-refractivity contribution in [2.75, 3.05) is 19.0 Å². The molecule has 2 rings (SSSR count). The van der Waals surface area contributed by atoms with Crippen LogP contribution in [-0.4, -0.2) is 24.9 Å². The molecule has 0 saturated heterocycles. The van der Waals surface area contributed by atoms with Crippen molar-refractivity contribution in [2.24, 2.45) is 0 Å². The molecule has 0 radical (unpaired) electrons. The van der Waals surface area contributed by atoms with Gasteiger partial charge in [0.2, 0.25) is 0 Å². The summed E-state index contributed by atoms with van der Waals surface area (Å²) in [5, 5.41) is 6.49. The number of hydrogen-bond donors (Lipinski definition) is 2. The highest BCUT2D eigenvalue weighted by Gasteiger charge is 2.07. The van der Waals surface area contributed by atoms with Gasteiger partial charge in [-0.05, 0) is 61.6 Å². The monoisotopic (exact) mass is 368 g/mol. The van der Waals surface area contributed by atoms with Crippen LogP contribution in [0.25, 0.3) is 0 Å². The van der Waals surface area contributed by atoms with E-state index in [1.165, 1.54) is 12.1 Å². The van der Waals surface area contributed by atoms with Gasteiger partial charge in [-0.15, -0.1) is 0 Å². The fraction of sp³-hybridized carbons (Fsp3) is 0.235. The van der Waals surface area contributed by atoms with E-state index in [1.807, 2.05) is 31.2 Å². The third kappa shape index (κ3) is 5.54. The van der Waals surface area contributed by atoms with Gasteiger partial charge in [0, 0.05) is 5.69 Å². The zero-order valence-corrected chi connectivity index (χ0v) is 14.9. The molecule has 2 aromatic rings. The Balaban J connectivity index is 1.79. The normalized spacial score (nSPS) is 11.5. The third-order valence-corrected chi connectivity index (χ3v) is 3.62. The van der Waals surface area contributed by atoms with Crippen LogP contribution >= 0.6 is 23.8 Å². The molecule has 2 N–H and O–H groups in total. The fourth-order valence-electron chi connectivity index (χ4n) is 1.90. The van der Waals surface area contributed by atoms with Crippen LogP contribution in [0.3, 0.4) is 0 Å². The summed E-state index contributed by atoms with van der Waals surface area (Å²) in [6.45, 7) is 2.37. The first-order valence-electron chi connectivity index (χ1n) is 7.27. The van der Waals surface area contributed by atoms with Gasteiger partial charge in [-0.3, -0.25) is 0 Å². The largest absolute Gasteiger partial charge is 0.497 e. The lowest BCUT2D eigenvalue weighted by molar-refractivity contribution is 0.286. The average molecular weight is 369 g/mol. The number of rotatable bonds is 6. The van der Waals surface area contributed by atoms with Crippen LogP contribution in [0.2, 0.25) is 5.02 Å². The predicted molar refractivity (Wildman–Crippen MR) is 98.7 cm³/mol. The van der Waals surface area contributed by atoms with Gasteiger partial charge in [-0.2, -0.15) is 0 Å². The Bertz CT molecular complexity index is 697. The Morgan fingerprint density at radius 3 is 2.50 bits per heavy atom. The highest BCUT2D eigenvalue weighted by molar-refractivity contribution is 7.80. The summed E-state index contributed by atoms with van der Waals surface area (Å²) in [5.41, 5.74) is 0.613. The number of thiocarbonyl (C=S) groups is 1. The standard InChI is InChI=1S/C17H18ClFN2O2S/c1-11(10-23-14-6-4-13(22-2)5-7-14)20-17(24)21-12-3-8-16(19)15(18)9-12/h3-9,11H,10H2,1-2H3,(H2,20,21,24)/t11-/m1/s1. The number of halogens is 2. The summed E-state index contributed by atoms with van der Waals surface area (Å²) < 4.78 is 23.9. The maximum absolute atomic E-state index is 13.1. The number of methoxy groups -OCH3 is 1. The van der Waals surface area contributed by atoms with Gasteiger partial charge >= 0.3 is 0 Å². The van der Waals surface area contributed by atoms with E-state index < -0.39 is 5.82 Å². The van der Waals surface area contributed by atoms with Gasteiger partial charge in [0.05, 0.1) is 18.2 Å². The van der Waals surface area contributed by atoms with Crippen molar-refractivity contribution in [3.8, 4) is 11.5 Å². The molecule has 1 atom stereocenters. The van der Waals surface area contributed by atoms with E-state index in [0.29, 0.717) is 17.4 Å². The minimum absolute atomic E-state index is 0.0250. The van der Waals surface area contributed by atoms with E-state index in [4.69, 9.17) is 33.3 Å². The lowest BCUT2D eigenvalue weighted by atomic mass is 10.3. The number of hydrogen-bond acceptors (Lipinski definition) is 3. The van der Waals surface area contributed by atoms with Crippen LogP contribution in [0.4, 0.5) is 10.1 Å². The van der Waals surface area contributed by atoms with Crippen molar-refractivity contribution in [2.45, 2.75) is 13.0 Å². The van der Waals surface area contributed by atoms with Crippen LogP contribution < -0.4 is 20.1 Å². The minimum Gasteiger partial charge on any atom is -0.497 e. The van der Waals surface area contributed by atoms with Crippen LogP contribution in [-0.2, 0) is 0 Å². The third-order valence-electron chi connectivity index (χ3n) is 3.11. The molecule has 0 bridgehead atoms. The van der Waals surface area contributed by atoms with E-state index in [1.54, 1.807) is 13.2 Å². The van der Waals surface area contributed by atoms with Crippen molar-refractivity contribution < 1.29 is 13.9 Å². The Morgan fingerprint density at radius 1 is 1.21 bits per heavy atom. The number of nitrogens with one attached hydrogen (secondary N) is 2. The van der Waals surface area contributed by atoms with E-state index >= 15 is 0 Å². The van der Waals surface area contributed by atoms with Gasteiger partial charge in [0.25, 0.3) is 0 Å². The summed E-state index contributed by atoms with van der Waals surface area (Å²) in [6, 6.07) is 11.6. The quantitative estimate of drug-likeness (QED) is 0.746. The van der Waals surface area contributed by atoms with Crippen molar-refractivity contribution in [3.63, 3.8) is 0 Å². The van der Waals surface area contributed by atoms with Gasteiger partial charge in [-0.25, -0.2) is 4.39 Å². The zero-order valence-electron chi connectivity index (χ0n) is 13.3. The first kappa shape index (κ1) is 18.3. The van der Waals surface area contributed by atoms with Crippen LogP contribution in [0.1, 0.15) is 6.92 Å². The molecular weight excluding hydrogens is 351 g/mol. The molecule has 0 aliphatic heterocycles. The van der Waals surface area contributed by atoms with Gasteiger partial charge in [0.15, 0.2) is 5.11 Å². The average Bonchev–Trinajstić information content (AvgIpc) is 2.56. The summed E-state index contributed by atoms with van der Waals surface area (Å²) in [7, 11) is 1.62. The summed E-state index contributed by atoms with van der Waals surface area (Å²) >= 11 is 11.0. The van der Waals surface area contributed by atoms with Crippen molar-refractivity contribution in [1.82, 2.24) is 5.32 Å². The van der Waals surface area contributed by atoms with Crippen LogP contribution in [0.15, 0.2) is 42.5 Å². The molecule has 24 heavy (non-hydrogen) atoms. The Kier molecular flexibility index (Phi) is 6.63. The SMILES string of the molecule is COc1ccc(OC[C@@H](C)NC(=S)Nc2ccc(F)c(Cl)c2)cc1. The number of benzene rings is 2. The topological polar surface area (TPSA) is 42.5 Å². The van der Waals surface area contributed by atoms with Gasteiger partial charge in [-0.1, -0.05) is 11.6 Å². The molecule has 7 heteroatoms. The molecule has 0 saturated carbocycles. The molecule has 0 aliphatic rings. The van der Waals surface area contributed by atoms with E-state index in [-0.39, 0.29) is 11.1 Å². The molecule has 4 nitrogen and oxygen atoms in total. The lowest BCUT2D eigenvalue weighted by Gasteiger charge is -2.18. The maximum atomic E-state index is 13.1. The van der Waals surface area contributed by atoms with Crippen molar-refractivity contribution >= 4 is 34.6 Å². The molecule has 0 unspecified atom stereocenters. The minimum atomic E-state index is -0.470. The molecular formula is C17H18ClFN2O2S. The smallest absolute Gasteiger partial charge is 0.171 e. The molecule has 0 aliphatic carbocycles. The van der Waals surface area contributed by atoms with E-state index in [0.717, 1.165) is 11.5 Å². The molecule has 0 aromatic heterocycles. The molecule has 0 heterocycles. The predicted octanol–water partition coefficient (Wildman–Crippen LogP) is 4.24. The second-order valence-corrected chi connectivity index (χ2v) is 5.93. The summed E-state index contributed by atoms with van der Waals surface area (Å²) in [4.78, 5) is 0. The second kappa shape index (κ2) is 8.70. The van der Waals surface area contributed by atoms with Crippen molar-refractivity contribution in [1.29, 1.82) is 0 Å². The maximum Gasteiger partial charge on any atom is 0.171 e.